The largest absolute Gasteiger partial charge is 0.500 e. The summed E-state index contributed by atoms with van der Waals surface area (Å²) in [5.41, 5.74) is 1.82. The van der Waals surface area contributed by atoms with E-state index in [9.17, 15) is 0 Å². The average Bonchev–Trinajstić information content (AvgIpc) is 2.09. The van der Waals surface area contributed by atoms with Crippen LogP contribution in [0.5, 0.6) is 0 Å². The van der Waals surface area contributed by atoms with E-state index in [-0.39, 0.29) is 0 Å². The van der Waals surface area contributed by atoms with Crippen molar-refractivity contribution in [1.82, 2.24) is 0 Å². The van der Waals surface area contributed by atoms with Crippen LogP contribution in [-0.2, 0) is 4.43 Å². The van der Waals surface area contributed by atoms with Gasteiger partial charge in [-0.15, -0.1) is 0 Å². The third kappa shape index (κ3) is 3.56. The van der Waals surface area contributed by atoms with Gasteiger partial charge in [0.25, 0.3) is 8.32 Å². The van der Waals surface area contributed by atoms with Crippen molar-refractivity contribution in [1.29, 1.82) is 0 Å². The van der Waals surface area contributed by atoms with Crippen LogP contribution >= 0.6 is 0 Å². The van der Waals surface area contributed by atoms with Gasteiger partial charge in [0.2, 0.25) is 0 Å². The van der Waals surface area contributed by atoms with Gasteiger partial charge in [-0.2, -0.15) is 0 Å². The van der Waals surface area contributed by atoms with Gasteiger partial charge in [0, 0.05) is 5.92 Å². The summed E-state index contributed by atoms with van der Waals surface area (Å²) in [6, 6.07) is 0. The SMILES string of the molecule is CC(C)C#CO[Si](C(C)C)(C(C)C)C(C)C. The lowest BCUT2D eigenvalue weighted by molar-refractivity contribution is 0.445. The molecule has 0 amide bonds. The highest BCUT2D eigenvalue weighted by molar-refractivity contribution is 6.77. The molecule has 2 heteroatoms. The predicted octanol–water partition coefficient (Wildman–Crippen LogP) is 4.80. The van der Waals surface area contributed by atoms with Crippen LogP contribution in [-0.4, -0.2) is 8.32 Å². The summed E-state index contributed by atoms with van der Waals surface area (Å²) >= 11 is 0. The minimum atomic E-state index is -1.77. The second-order valence-corrected chi connectivity index (χ2v) is 11.2. The first-order valence-electron chi connectivity index (χ1n) is 6.43. The number of hydrogen-bond donors (Lipinski definition) is 0. The van der Waals surface area contributed by atoms with Crippen molar-refractivity contribution in [3.05, 3.63) is 0 Å². The minimum absolute atomic E-state index is 0.387. The zero-order valence-electron chi connectivity index (χ0n) is 12.2. The molecule has 0 saturated heterocycles. The Morgan fingerprint density at radius 1 is 0.750 bits per heavy atom. The maximum atomic E-state index is 6.10. The van der Waals surface area contributed by atoms with E-state index in [0.717, 1.165) is 0 Å². The normalized spacial score (nSPS) is 12.2. The quantitative estimate of drug-likeness (QED) is 0.507. The molecule has 0 aromatic heterocycles. The Bertz CT molecular complexity index is 234. The van der Waals surface area contributed by atoms with Gasteiger partial charge in [-0.25, -0.2) is 0 Å². The van der Waals surface area contributed by atoms with E-state index in [2.05, 4.69) is 67.4 Å². The van der Waals surface area contributed by atoms with Gasteiger partial charge in [-0.1, -0.05) is 61.3 Å². The van der Waals surface area contributed by atoms with Gasteiger partial charge in [0.05, 0.1) is 6.11 Å². The van der Waals surface area contributed by atoms with E-state index in [1.807, 2.05) is 0 Å². The lowest BCUT2D eigenvalue weighted by atomic mass is 10.2. The van der Waals surface area contributed by atoms with E-state index < -0.39 is 8.32 Å². The summed E-state index contributed by atoms with van der Waals surface area (Å²) < 4.78 is 6.10. The molecule has 0 spiro atoms. The molecule has 0 atom stereocenters. The smallest absolute Gasteiger partial charge is 0.272 e. The van der Waals surface area contributed by atoms with E-state index >= 15 is 0 Å². The van der Waals surface area contributed by atoms with E-state index in [4.69, 9.17) is 4.43 Å². The fourth-order valence-electron chi connectivity index (χ4n) is 2.59. The summed E-state index contributed by atoms with van der Waals surface area (Å²) in [6.45, 7) is 17.9. The van der Waals surface area contributed by atoms with Gasteiger partial charge in [-0.05, 0) is 16.6 Å². The Labute approximate surface area is 103 Å². The zero-order chi connectivity index (χ0) is 12.9. The van der Waals surface area contributed by atoms with Gasteiger partial charge in [-0.3, -0.25) is 0 Å². The lowest BCUT2D eigenvalue weighted by Gasteiger charge is -2.39. The van der Waals surface area contributed by atoms with Crippen molar-refractivity contribution in [2.45, 2.75) is 72.0 Å². The molecule has 16 heavy (non-hydrogen) atoms. The lowest BCUT2D eigenvalue weighted by Crippen LogP contribution is -2.46. The van der Waals surface area contributed by atoms with E-state index in [0.29, 0.717) is 22.5 Å². The van der Waals surface area contributed by atoms with Crippen LogP contribution < -0.4 is 0 Å². The first-order chi connectivity index (χ1) is 7.25. The second kappa shape index (κ2) is 6.35. The summed E-state index contributed by atoms with van der Waals surface area (Å²) in [5, 5.41) is 0. The highest BCUT2D eigenvalue weighted by Crippen LogP contribution is 2.41. The Balaban J connectivity index is 5.01. The van der Waals surface area contributed by atoms with Crippen molar-refractivity contribution < 1.29 is 4.43 Å². The molecular weight excluding hydrogens is 212 g/mol. The monoisotopic (exact) mass is 240 g/mol. The molecule has 0 heterocycles. The van der Waals surface area contributed by atoms with Crippen LogP contribution in [0.1, 0.15) is 55.4 Å². The van der Waals surface area contributed by atoms with Crippen molar-refractivity contribution >= 4 is 8.32 Å². The van der Waals surface area contributed by atoms with Crippen LogP contribution in [0.25, 0.3) is 0 Å². The van der Waals surface area contributed by atoms with E-state index in [1.54, 1.807) is 0 Å². The van der Waals surface area contributed by atoms with Gasteiger partial charge in [0.1, 0.15) is 0 Å². The summed E-state index contributed by atoms with van der Waals surface area (Å²) in [7, 11) is -1.77. The van der Waals surface area contributed by atoms with Crippen LogP contribution in [0.4, 0.5) is 0 Å². The Morgan fingerprint density at radius 2 is 1.12 bits per heavy atom. The molecule has 0 aromatic carbocycles. The molecule has 0 N–H and O–H groups in total. The Morgan fingerprint density at radius 3 is 1.38 bits per heavy atom. The topological polar surface area (TPSA) is 9.23 Å². The Kier molecular flexibility index (Phi) is 6.18. The highest BCUT2D eigenvalue weighted by Gasteiger charge is 2.46. The molecule has 0 rings (SSSR count). The minimum Gasteiger partial charge on any atom is -0.500 e. The van der Waals surface area contributed by atoms with Crippen molar-refractivity contribution in [3.63, 3.8) is 0 Å². The average molecular weight is 240 g/mol. The third-order valence-corrected chi connectivity index (χ3v) is 9.15. The first-order valence-corrected chi connectivity index (χ1v) is 8.57. The third-order valence-electron chi connectivity index (χ3n) is 3.28. The fraction of sp³-hybridized carbons (Fsp3) is 0.857. The van der Waals surface area contributed by atoms with Crippen LogP contribution in [0, 0.1) is 17.9 Å². The molecule has 0 aliphatic heterocycles. The molecule has 0 bridgehead atoms. The van der Waals surface area contributed by atoms with E-state index in [1.165, 1.54) is 0 Å². The molecule has 0 radical (unpaired) electrons. The number of hydrogen-bond acceptors (Lipinski definition) is 1. The van der Waals surface area contributed by atoms with Crippen LogP contribution in [0.2, 0.25) is 16.6 Å². The predicted molar refractivity (Wildman–Crippen MR) is 74.7 cm³/mol. The summed E-state index contributed by atoms with van der Waals surface area (Å²) in [6.07, 6.45) is 2.98. The van der Waals surface area contributed by atoms with Crippen molar-refractivity contribution in [2.24, 2.45) is 5.92 Å². The summed E-state index contributed by atoms with van der Waals surface area (Å²) in [5.74, 6) is 3.52. The standard InChI is InChI=1S/C14H28OSi/c1-11(2)9-10-15-16(12(3)4,13(5)6)14(7)8/h11-14H,1-8H3. The number of rotatable bonds is 4. The molecule has 0 unspecified atom stereocenters. The van der Waals surface area contributed by atoms with Gasteiger partial charge in [0.15, 0.2) is 0 Å². The molecule has 0 aliphatic rings. The Hall–Kier alpha value is -0.423. The maximum absolute atomic E-state index is 6.10. The highest BCUT2D eigenvalue weighted by atomic mass is 28.4. The molecule has 0 aromatic rings. The maximum Gasteiger partial charge on any atom is 0.272 e. The molecule has 0 aliphatic carbocycles. The van der Waals surface area contributed by atoms with Gasteiger partial charge >= 0.3 is 0 Å². The van der Waals surface area contributed by atoms with Gasteiger partial charge < -0.3 is 4.43 Å². The first kappa shape index (κ1) is 15.6. The molecule has 1 nitrogen and oxygen atoms in total. The van der Waals surface area contributed by atoms with Crippen LogP contribution in [0.15, 0.2) is 0 Å². The molecule has 0 fully saturated rings. The fourth-order valence-corrected chi connectivity index (χ4v) is 7.53. The second-order valence-electron chi connectivity index (χ2n) is 5.82. The van der Waals surface area contributed by atoms with Crippen LogP contribution in [0.3, 0.4) is 0 Å². The molecular formula is C14H28OSi. The molecule has 0 saturated carbocycles. The summed E-state index contributed by atoms with van der Waals surface area (Å²) in [4.78, 5) is 0. The zero-order valence-corrected chi connectivity index (χ0v) is 13.2. The molecule has 94 valence electrons. The van der Waals surface area contributed by atoms with Crippen molar-refractivity contribution in [2.75, 3.05) is 0 Å². The van der Waals surface area contributed by atoms with Crippen molar-refractivity contribution in [3.8, 4) is 12.0 Å².